The molecule has 0 spiro atoms. The Hall–Kier alpha value is -5.14. The molecule has 262 valence electrons. The van der Waals surface area contributed by atoms with Gasteiger partial charge < -0.3 is 28.4 Å². The van der Waals surface area contributed by atoms with Crippen molar-refractivity contribution in [3.8, 4) is 39.1 Å². The van der Waals surface area contributed by atoms with E-state index in [1.165, 1.54) is 0 Å². The molecular weight excluding hydrogens is 642 g/mol. The van der Waals surface area contributed by atoms with Crippen molar-refractivity contribution in [2.24, 2.45) is 0 Å². The van der Waals surface area contributed by atoms with Crippen molar-refractivity contribution in [2.75, 3.05) is 73.2 Å². The van der Waals surface area contributed by atoms with Gasteiger partial charge in [0.05, 0.1) is 66.0 Å². The first-order valence-electron chi connectivity index (χ1n) is 17.0. The summed E-state index contributed by atoms with van der Waals surface area (Å²) >= 11 is 0. The largest absolute Gasteiger partial charge is 0.491 e. The summed E-state index contributed by atoms with van der Waals surface area (Å²) in [6, 6.07) is 39.4. The minimum Gasteiger partial charge on any atom is -0.491 e. The molecular formula is C43H43NO7. The van der Waals surface area contributed by atoms with Crippen molar-refractivity contribution >= 4 is 11.5 Å². The molecule has 8 heteroatoms. The third-order valence-corrected chi connectivity index (χ3v) is 8.07. The van der Waals surface area contributed by atoms with Gasteiger partial charge in [-0.1, -0.05) is 97.1 Å². The van der Waals surface area contributed by atoms with E-state index in [1.807, 2.05) is 48.5 Å². The maximum atomic E-state index is 13.2. The number of benzene rings is 5. The molecule has 5 aromatic rings. The Morgan fingerprint density at radius 3 is 1.14 bits per heavy atom. The SMILES string of the molecule is [C-]#[N+]c1ccc(-c2ccc(-c3ccc(-c4ccc(C(=O)c5ccc(OCCOCCOCCOCCOCCOC)cc5)cc4)cc3)cc2)cc1. The van der Waals surface area contributed by atoms with Gasteiger partial charge in [0.1, 0.15) is 12.4 Å². The van der Waals surface area contributed by atoms with Gasteiger partial charge in [0, 0.05) is 18.2 Å². The first-order chi connectivity index (χ1) is 25.1. The summed E-state index contributed by atoms with van der Waals surface area (Å²) in [4.78, 5) is 16.6. The normalized spacial score (nSPS) is 10.9. The Balaban J connectivity index is 1.000. The second-order valence-corrected chi connectivity index (χ2v) is 11.5. The lowest BCUT2D eigenvalue weighted by molar-refractivity contribution is -0.00978. The first kappa shape index (κ1) is 37.1. The number of hydrogen-bond acceptors (Lipinski definition) is 7. The molecule has 0 fully saturated rings. The van der Waals surface area contributed by atoms with E-state index < -0.39 is 0 Å². The second-order valence-electron chi connectivity index (χ2n) is 11.5. The molecule has 0 aliphatic carbocycles. The minimum atomic E-state index is -0.0432. The molecule has 0 amide bonds. The molecule has 8 nitrogen and oxygen atoms in total. The van der Waals surface area contributed by atoms with Crippen LogP contribution in [0.5, 0.6) is 5.75 Å². The van der Waals surface area contributed by atoms with E-state index in [0.29, 0.717) is 88.6 Å². The molecule has 0 aliphatic rings. The van der Waals surface area contributed by atoms with Crippen LogP contribution in [0.15, 0.2) is 121 Å². The van der Waals surface area contributed by atoms with E-state index in [4.69, 9.17) is 35.0 Å². The number of nitrogens with zero attached hydrogens (tertiary/aromatic N) is 1. The van der Waals surface area contributed by atoms with E-state index in [-0.39, 0.29) is 5.78 Å². The van der Waals surface area contributed by atoms with Crippen molar-refractivity contribution in [3.63, 3.8) is 0 Å². The van der Waals surface area contributed by atoms with Crippen LogP contribution in [0.4, 0.5) is 5.69 Å². The van der Waals surface area contributed by atoms with Gasteiger partial charge in [0.2, 0.25) is 0 Å². The Morgan fingerprint density at radius 2 is 0.765 bits per heavy atom. The number of carbonyl (C=O) groups excluding carboxylic acids is 1. The zero-order valence-electron chi connectivity index (χ0n) is 28.9. The Labute approximate surface area is 300 Å². The van der Waals surface area contributed by atoms with Gasteiger partial charge in [0.15, 0.2) is 11.5 Å². The van der Waals surface area contributed by atoms with Crippen LogP contribution < -0.4 is 4.74 Å². The van der Waals surface area contributed by atoms with E-state index in [9.17, 15) is 4.79 Å². The highest BCUT2D eigenvalue weighted by Crippen LogP contribution is 2.29. The molecule has 0 saturated heterocycles. The van der Waals surface area contributed by atoms with Gasteiger partial charge in [-0.2, -0.15) is 0 Å². The monoisotopic (exact) mass is 685 g/mol. The average Bonchev–Trinajstić information content (AvgIpc) is 3.19. The van der Waals surface area contributed by atoms with Gasteiger partial charge in [-0.25, -0.2) is 4.85 Å². The van der Waals surface area contributed by atoms with E-state index >= 15 is 0 Å². The molecule has 0 heterocycles. The summed E-state index contributed by atoms with van der Waals surface area (Å²) in [5, 5.41) is 0. The van der Waals surface area contributed by atoms with Gasteiger partial charge >= 0.3 is 0 Å². The number of methoxy groups -OCH3 is 1. The number of carbonyl (C=O) groups is 1. The molecule has 0 aliphatic heterocycles. The van der Waals surface area contributed by atoms with Crippen molar-refractivity contribution in [2.45, 2.75) is 0 Å². The third kappa shape index (κ3) is 11.7. The highest BCUT2D eigenvalue weighted by atomic mass is 16.6. The number of hydrogen-bond donors (Lipinski definition) is 0. The van der Waals surface area contributed by atoms with Crippen molar-refractivity contribution in [3.05, 3.63) is 144 Å². The maximum Gasteiger partial charge on any atom is 0.193 e. The fourth-order valence-electron chi connectivity index (χ4n) is 5.24. The van der Waals surface area contributed by atoms with Crippen LogP contribution in [0.25, 0.3) is 38.2 Å². The standard InChI is InChI=1S/C43H43NO7/c1-44-41-19-15-38(16-20-41)36-9-7-34(8-10-36)33-3-5-35(6-4-33)37-11-13-39(14-12-37)43(45)40-17-21-42(22-18-40)51-32-31-50-30-29-49-28-27-48-26-25-47-24-23-46-2/h3-22H,23-32H2,2H3. The summed E-state index contributed by atoms with van der Waals surface area (Å²) < 4.78 is 32.5. The Kier molecular flexibility index (Phi) is 14.9. The number of ether oxygens (including phenoxy) is 6. The van der Waals surface area contributed by atoms with Crippen LogP contribution in [0.3, 0.4) is 0 Å². The van der Waals surface area contributed by atoms with Gasteiger partial charge in [-0.3, -0.25) is 4.79 Å². The minimum absolute atomic E-state index is 0.0432. The van der Waals surface area contributed by atoms with Crippen molar-refractivity contribution < 1.29 is 33.2 Å². The lowest BCUT2D eigenvalue weighted by Gasteiger charge is -2.09. The highest BCUT2D eigenvalue weighted by Gasteiger charge is 2.10. The molecule has 0 bridgehead atoms. The lowest BCUT2D eigenvalue weighted by atomic mass is 9.96. The van der Waals surface area contributed by atoms with Gasteiger partial charge in [-0.05, 0) is 57.6 Å². The summed E-state index contributed by atoms with van der Waals surface area (Å²) in [5.74, 6) is 0.634. The summed E-state index contributed by atoms with van der Waals surface area (Å²) in [6.07, 6.45) is 0. The molecule has 0 unspecified atom stereocenters. The summed E-state index contributed by atoms with van der Waals surface area (Å²) in [7, 11) is 1.64. The van der Waals surface area contributed by atoms with E-state index in [2.05, 4.69) is 53.4 Å². The Bertz CT molecular complexity index is 1800. The topological polar surface area (TPSA) is 76.8 Å². The third-order valence-electron chi connectivity index (χ3n) is 8.07. The van der Waals surface area contributed by atoms with E-state index in [0.717, 1.165) is 33.4 Å². The zero-order valence-corrected chi connectivity index (χ0v) is 28.9. The molecule has 0 atom stereocenters. The van der Waals surface area contributed by atoms with Gasteiger partial charge in [-0.15, -0.1) is 0 Å². The Morgan fingerprint density at radius 1 is 0.451 bits per heavy atom. The summed E-state index contributed by atoms with van der Waals surface area (Å²) in [6.45, 7) is 12.2. The average molecular weight is 686 g/mol. The van der Waals surface area contributed by atoms with Crippen LogP contribution in [-0.2, 0) is 23.7 Å². The predicted molar refractivity (Wildman–Crippen MR) is 200 cm³/mol. The van der Waals surface area contributed by atoms with Crippen molar-refractivity contribution in [1.29, 1.82) is 0 Å². The zero-order chi connectivity index (χ0) is 35.5. The first-order valence-corrected chi connectivity index (χ1v) is 17.0. The lowest BCUT2D eigenvalue weighted by Crippen LogP contribution is -2.14. The van der Waals surface area contributed by atoms with Crippen LogP contribution >= 0.6 is 0 Å². The number of rotatable bonds is 21. The molecule has 0 radical (unpaired) electrons. The van der Waals surface area contributed by atoms with Crippen LogP contribution in [0.2, 0.25) is 0 Å². The highest BCUT2D eigenvalue weighted by molar-refractivity contribution is 6.09. The predicted octanol–water partition coefficient (Wildman–Crippen LogP) is 8.56. The fourth-order valence-corrected chi connectivity index (χ4v) is 5.24. The van der Waals surface area contributed by atoms with Crippen LogP contribution in [0.1, 0.15) is 15.9 Å². The van der Waals surface area contributed by atoms with Crippen molar-refractivity contribution in [1.82, 2.24) is 0 Å². The smallest absolute Gasteiger partial charge is 0.193 e. The molecule has 5 aromatic carbocycles. The molecule has 0 saturated carbocycles. The molecule has 0 N–H and O–H groups in total. The molecule has 5 rings (SSSR count). The molecule has 51 heavy (non-hydrogen) atoms. The number of ketones is 1. The van der Waals surface area contributed by atoms with Crippen LogP contribution in [0, 0.1) is 6.57 Å². The quantitative estimate of drug-likeness (QED) is 0.0435. The van der Waals surface area contributed by atoms with E-state index in [1.54, 1.807) is 31.4 Å². The summed E-state index contributed by atoms with van der Waals surface area (Å²) in [5.41, 5.74) is 8.43. The van der Waals surface area contributed by atoms with Crippen LogP contribution in [-0.4, -0.2) is 79.0 Å². The fraction of sp³-hybridized carbons (Fsp3) is 0.256. The molecule has 0 aromatic heterocycles. The van der Waals surface area contributed by atoms with Gasteiger partial charge in [0.25, 0.3) is 0 Å². The maximum absolute atomic E-state index is 13.2. The second kappa shape index (κ2) is 20.5.